The van der Waals surface area contributed by atoms with Crippen molar-refractivity contribution in [3.05, 3.63) is 134 Å². The van der Waals surface area contributed by atoms with Crippen molar-refractivity contribution in [1.82, 2.24) is 0 Å². The Labute approximate surface area is 436 Å². The molecule has 1 atom stereocenters. The quantitative estimate of drug-likeness (QED) is 0.0262. The highest BCUT2D eigenvalue weighted by atomic mass is 16.6. The van der Waals surface area contributed by atoms with E-state index in [1.54, 1.807) is 0 Å². The molecule has 0 aromatic rings. The van der Waals surface area contributed by atoms with Gasteiger partial charge in [-0.1, -0.05) is 225 Å². The Morgan fingerprint density at radius 3 is 0.944 bits per heavy atom. The van der Waals surface area contributed by atoms with Crippen molar-refractivity contribution in [2.75, 3.05) is 13.2 Å². The molecule has 400 valence electrons. The van der Waals surface area contributed by atoms with Gasteiger partial charge < -0.3 is 14.2 Å². The van der Waals surface area contributed by atoms with Gasteiger partial charge in [0.2, 0.25) is 0 Å². The number of hydrogen-bond acceptors (Lipinski definition) is 6. The minimum Gasteiger partial charge on any atom is -0.462 e. The van der Waals surface area contributed by atoms with Crippen molar-refractivity contribution in [2.24, 2.45) is 0 Å². The van der Waals surface area contributed by atoms with Crippen molar-refractivity contribution in [3.8, 4) is 0 Å². The molecule has 0 aromatic carbocycles. The molecule has 0 spiro atoms. The van der Waals surface area contributed by atoms with Gasteiger partial charge in [0.05, 0.1) is 0 Å². The Morgan fingerprint density at radius 2 is 0.563 bits per heavy atom. The molecule has 0 fully saturated rings. The monoisotopic (exact) mass is 981 g/mol. The lowest BCUT2D eigenvalue weighted by Crippen LogP contribution is -2.30. The summed E-state index contributed by atoms with van der Waals surface area (Å²) in [5, 5.41) is 0. The van der Waals surface area contributed by atoms with Gasteiger partial charge >= 0.3 is 17.9 Å². The molecule has 0 saturated heterocycles. The Bertz CT molecular complexity index is 1550. The summed E-state index contributed by atoms with van der Waals surface area (Å²) in [6.45, 7) is 6.32. The van der Waals surface area contributed by atoms with Crippen LogP contribution in [0.3, 0.4) is 0 Å². The van der Waals surface area contributed by atoms with E-state index in [4.69, 9.17) is 14.2 Å². The number of carbonyl (C=O) groups excluding carboxylic acids is 3. The molecule has 0 radical (unpaired) electrons. The van der Waals surface area contributed by atoms with Gasteiger partial charge in [-0.25, -0.2) is 0 Å². The summed E-state index contributed by atoms with van der Waals surface area (Å²) in [4.78, 5) is 38.2. The second-order valence-electron chi connectivity index (χ2n) is 18.4. The third-order valence-electron chi connectivity index (χ3n) is 11.6. The standard InChI is InChI=1S/C65H104O6/c1-4-7-10-13-16-19-22-25-28-31-32-35-37-40-43-46-49-52-55-58-64(67)70-61-62(71-65(68)59-56-53-50-47-44-41-38-34-30-27-24-21-18-15-12-9-6-3)60-69-63(66)57-54-51-48-45-42-39-36-33-29-26-23-20-17-14-11-8-5-2/h7-8,10-11,16-17,19-20,25-30,32,35-36,39-40,43,45,48,62H,4-6,9,12-15,18,21-24,31,33-34,37-38,41-42,44,46-47,49-61H2,1-3H3/b10-7-,11-8-,19-16-,20-17-,28-25-,29-26-,30-27-,35-32-,39-36-,43-40-,48-45-/t62-/m0/s1. The Balaban J connectivity index is 4.56. The van der Waals surface area contributed by atoms with E-state index in [1.165, 1.54) is 77.0 Å². The smallest absolute Gasteiger partial charge is 0.306 e. The van der Waals surface area contributed by atoms with Crippen molar-refractivity contribution in [2.45, 2.75) is 245 Å². The van der Waals surface area contributed by atoms with Crippen LogP contribution in [-0.4, -0.2) is 37.2 Å². The highest BCUT2D eigenvalue weighted by Crippen LogP contribution is 2.13. The van der Waals surface area contributed by atoms with Crippen LogP contribution in [0.25, 0.3) is 0 Å². The van der Waals surface area contributed by atoms with E-state index in [-0.39, 0.29) is 37.5 Å². The van der Waals surface area contributed by atoms with E-state index in [2.05, 4.69) is 154 Å². The third-order valence-corrected chi connectivity index (χ3v) is 11.6. The van der Waals surface area contributed by atoms with Gasteiger partial charge in [0.25, 0.3) is 0 Å². The normalized spacial score (nSPS) is 13.1. The molecule has 0 N–H and O–H groups in total. The van der Waals surface area contributed by atoms with Gasteiger partial charge in [-0.2, -0.15) is 0 Å². The maximum atomic E-state index is 12.9. The molecule has 0 amide bonds. The molecule has 0 unspecified atom stereocenters. The maximum Gasteiger partial charge on any atom is 0.306 e. The fourth-order valence-electron chi connectivity index (χ4n) is 7.38. The predicted molar refractivity (Wildman–Crippen MR) is 306 cm³/mol. The van der Waals surface area contributed by atoms with Gasteiger partial charge in [0.15, 0.2) is 6.10 Å². The summed E-state index contributed by atoms with van der Waals surface area (Å²) in [5.41, 5.74) is 0. The van der Waals surface area contributed by atoms with E-state index >= 15 is 0 Å². The van der Waals surface area contributed by atoms with Gasteiger partial charge in [-0.05, 0) is 128 Å². The molecule has 0 aliphatic heterocycles. The minimum absolute atomic E-state index is 0.119. The molecule has 0 rings (SSSR count). The molecule has 6 heteroatoms. The lowest BCUT2D eigenvalue weighted by atomic mass is 10.1. The Hall–Kier alpha value is -4.45. The van der Waals surface area contributed by atoms with E-state index in [0.717, 1.165) is 116 Å². The average Bonchev–Trinajstić information content (AvgIpc) is 3.37. The lowest BCUT2D eigenvalue weighted by Gasteiger charge is -2.18. The van der Waals surface area contributed by atoms with E-state index in [0.29, 0.717) is 19.3 Å². The summed E-state index contributed by atoms with van der Waals surface area (Å²) < 4.78 is 16.8. The summed E-state index contributed by atoms with van der Waals surface area (Å²) in [5.74, 6) is -1.02. The van der Waals surface area contributed by atoms with Crippen LogP contribution in [0.1, 0.15) is 239 Å². The lowest BCUT2D eigenvalue weighted by molar-refractivity contribution is -0.167. The number of ether oxygens (including phenoxy) is 3. The van der Waals surface area contributed by atoms with Crippen molar-refractivity contribution in [3.63, 3.8) is 0 Å². The summed E-state index contributed by atoms with van der Waals surface area (Å²) in [6, 6.07) is 0. The molecular formula is C65H104O6. The zero-order chi connectivity index (χ0) is 51.4. The van der Waals surface area contributed by atoms with Crippen LogP contribution >= 0.6 is 0 Å². The van der Waals surface area contributed by atoms with E-state index in [9.17, 15) is 14.4 Å². The topological polar surface area (TPSA) is 78.9 Å². The first-order valence-electron chi connectivity index (χ1n) is 28.7. The molecule has 71 heavy (non-hydrogen) atoms. The summed E-state index contributed by atoms with van der Waals surface area (Å²) in [6.07, 6.45) is 81.6. The molecule has 0 aromatic heterocycles. The zero-order valence-electron chi connectivity index (χ0n) is 45.7. The largest absolute Gasteiger partial charge is 0.462 e. The summed E-state index contributed by atoms with van der Waals surface area (Å²) >= 11 is 0. The van der Waals surface area contributed by atoms with Crippen LogP contribution in [0.2, 0.25) is 0 Å². The van der Waals surface area contributed by atoms with Crippen LogP contribution in [0.4, 0.5) is 0 Å². The Morgan fingerprint density at radius 1 is 0.296 bits per heavy atom. The molecule has 0 bridgehead atoms. The third kappa shape index (κ3) is 56.3. The molecule has 0 saturated carbocycles. The van der Waals surface area contributed by atoms with E-state index < -0.39 is 6.10 Å². The zero-order valence-corrected chi connectivity index (χ0v) is 45.7. The molecular weight excluding hydrogens is 877 g/mol. The Kier molecular flexibility index (Phi) is 54.5. The van der Waals surface area contributed by atoms with Crippen LogP contribution in [0, 0.1) is 0 Å². The van der Waals surface area contributed by atoms with Crippen LogP contribution < -0.4 is 0 Å². The number of rotatable bonds is 50. The van der Waals surface area contributed by atoms with Gasteiger partial charge in [-0.15, -0.1) is 0 Å². The average molecular weight is 982 g/mol. The fraction of sp³-hybridized carbons (Fsp3) is 0.615. The second-order valence-corrected chi connectivity index (χ2v) is 18.4. The predicted octanol–water partition coefficient (Wildman–Crippen LogP) is 19.4. The first-order valence-corrected chi connectivity index (χ1v) is 28.7. The van der Waals surface area contributed by atoms with Crippen molar-refractivity contribution < 1.29 is 28.6 Å². The van der Waals surface area contributed by atoms with E-state index in [1.807, 2.05) is 0 Å². The highest BCUT2D eigenvalue weighted by Gasteiger charge is 2.19. The number of unbranched alkanes of at least 4 members (excludes halogenated alkanes) is 17. The first-order chi connectivity index (χ1) is 35.0. The molecule has 6 nitrogen and oxygen atoms in total. The maximum absolute atomic E-state index is 12.9. The number of hydrogen-bond donors (Lipinski definition) is 0. The van der Waals surface area contributed by atoms with Crippen molar-refractivity contribution in [1.29, 1.82) is 0 Å². The van der Waals surface area contributed by atoms with Crippen molar-refractivity contribution >= 4 is 17.9 Å². The molecule has 0 aliphatic rings. The van der Waals surface area contributed by atoms with Crippen LogP contribution in [0.5, 0.6) is 0 Å². The SMILES string of the molecule is CC/C=C\C/C=C\C/C=C\C/C=C\C/C=C\CCCCCC(=O)OC[C@H](COC(=O)CCC/C=C\C/C=C\C/C=C\C/C=C\C/C=C\CC)OC(=O)CCCCCCCCC/C=C\CCCCCCCC. The fourth-order valence-corrected chi connectivity index (χ4v) is 7.38. The molecule has 0 heterocycles. The number of esters is 3. The van der Waals surface area contributed by atoms with Gasteiger partial charge in [-0.3, -0.25) is 14.4 Å². The second kappa shape index (κ2) is 58.1. The van der Waals surface area contributed by atoms with Crippen LogP contribution in [-0.2, 0) is 28.6 Å². The van der Waals surface area contributed by atoms with Gasteiger partial charge in [0, 0.05) is 19.3 Å². The van der Waals surface area contributed by atoms with Gasteiger partial charge in [0.1, 0.15) is 13.2 Å². The first kappa shape index (κ1) is 66.6. The minimum atomic E-state index is -0.823. The highest BCUT2D eigenvalue weighted by molar-refractivity contribution is 5.71. The van der Waals surface area contributed by atoms with Crippen LogP contribution in [0.15, 0.2) is 134 Å². The number of allylic oxidation sites excluding steroid dienone is 22. The number of carbonyl (C=O) groups is 3. The summed E-state index contributed by atoms with van der Waals surface area (Å²) in [7, 11) is 0. The molecule has 0 aliphatic carbocycles.